The summed E-state index contributed by atoms with van der Waals surface area (Å²) < 4.78 is 5.09. The number of carbonyl (C=O) groups is 1. The summed E-state index contributed by atoms with van der Waals surface area (Å²) in [5.74, 6) is 0.0866. The van der Waals surface area contributed by atoms with Crippen LogP contribution in [0.15, 0.2) is 41.6 Å². The molecule has 2 aliphatic rings. The van der Waals surface area contributed by atoms with Gasteiger partial charge in [0, 0.05) is 47.9 Å². The van der Waals surface area contributed by atoms with Crippen LogP contribution in [0.1, 0.15) is 62.9 Å². The molecule has 3 heterocycles. The summed E-state index contributed by atoms with van der Waals surface area (Å²) in [5, 5.41) is 3.30. The topological polar surface area (TPSA) is 80.5 Å². The molecule has 0 amide bonds. The predicted octanol–water partition coefficient (Wildman–Crippen LogP) is 4.71. The van der Waals surface area contributed by atoms with Crippen molar-refractivity contribution in [1.29, 1.82) is 0 Å². The number of hydrogen-bond acceptors (Lipinski definition) is 6. The monoisotopic (exact) mass is 424 g/mol. The van der Waals surface area contributed by atoms with Crippen LogP contribution in [0.5, 0.6) is 0 Å². The number of hydrogen-bond donors (Lipinski definition) is 2. The van der Waals surface area contributed by atoms with E-state index in [1.807, 2.05) is 65.0 Å². The van der Waals surface area contributed by atoms with Gasteiger partial charge in [0.15, 0.2) is 0 Å². The maximum atomic E-state index is 12.6. The quantitative estimate of drug-likeness (QED) is 0.680. The molecule has 0 radical (unpaired) electrons. The van der Waals surface area contributed by atoms with Crippen molar-refractivity contribution in [3.63, 3.8) is 0 Å². The summed E-state index contributed by atoms with van der Waals surface area (Å²) in [6.45, 7) is 11.6. The zero-order valence-electron chi connectivity index (χ0n) is 19.9. The van der Waals surface area contributed by atoms with E-state index in [0.717, 1.165) is 59.1 Å². The third kappa shape index (κ3) is 4.74. The fraction of sp³-hybridized carbons (Fsp3) is 0.440. The third-order valence-corrected chi connectivity index (χ3v) is 5.45. The molecule has 1 aromatic heterocycles. The van der Waals surface area contributed by atoms with E-state index in [1.165, 1.54) is 7.11 Å². The molecule has 0 bridgehead atoms. The first-order valence-corrected chi connectivity index (χ1v) is 11.1. The van der Waals surface area contributed by atoms with Gasteiger partial charge in [0.1, 0.15) is 5.82 Å². The molecule has 6 heteroatoms. The minimum atomic E-state index is -0.353. The normalized spacial score (nSPS) is 17.1. The largest absolute Gasteiger partial charge is 0.466 e. The molecule has 3 N–H and O–H groups in total. The highest BCUT2D eigenvalue weighted by molar-refractivity contribution is 5.95. The maximum Gasteiger partial charge on any atom is 0.336 e. The van der Waals surface area contributed by atoms with Crippen molar-refractivity contribution in [2.75, 3.05) is 31.8 Å². The van der Waals surface area contributed by atoms with Crippen LogP contribution in [0.3, 0.4) is 0 Å². The molecule has 2 aromatic rings. The van der Waals surface area contributed by atoms with Gasteiger partial charge < -0.3 is 20.7 Å². The standard InChI is InChI=1S/C21H24N4O2.2C2H6/c1-12-16(21(26)27-3)17(13-7-5-4-6-8-13)18-19(22)14-11-25(2)10-9-15(14)24-20(18)23-12;2*1-2/h4-8,17H,9-11H2,1-3H3,(H3,22,23,24);2*1-2H3. The van der Waals surface area contributed by atoms with E-state index in [-0.39, 0.29) is 11.9 Å². The van der Waals surface area contributed by atoms with Crippen LogP contribution in [0.4, 0.5) is 11.5 Å². The summed E-state index contributed by atoms with van der Waals surface area (Å²) in [4.78, 5) is 19.8. The minimum Gasteiger partial charge on any atom is -0.466 e. The second kappa shape index (κ2) is 11.0. The molecular formula is C25H36N4O2. The van der Waals surface area contributed by atoms with Crippen molar-refractivity contribution in [2.45, 2.75) is 53.5 Å². The Hall–Kier alpha value is -2.86. The van der Waals surface area contributed by atoms with Crippen molar-refractivity contribution < 1.29 is 9.53 Å². The lowest BCUT2D eigenvalue weighted by Crippen LogP contribution is -2.31. The second-order valence-electron chi connectivity index (χ2n) is 7.20. The summed E-state index contributed by atoms with van der Waals surface area (Å²) in [6.07, 6.45) is 0.869. The number of benzene rings is 1. The number of rotatable bonds is 2. The van der Waals surface area contributed by atoms with Crippen LogP contribution in [-0.2, 0) is 22.5 Å². The number of likely N-dealkylation sites (N-methyl/N-ethyl adjacent to an activating group) is 1. The van der Waals surface area contributed by atoms with Gasteiger partial charge in [-0.2, -0.15) is 0 Å². The molecule has 4 rings (SSSR count). The van der Waals surface area contributed by atoms with Crippen LogP contribution < -0.4 is 11.1 Å². The van der Waals surface area contributed by atoms with Gasteiger partial charge in [-0.25, -0.2) is 9.78 Å². The van der Waals surface area contributed by atoms with E-state index in [0.29, 0.717) is 5.57 Å². The number of ether oxygens (including phenoxy) is 1. The molecule has 31 heavy (non-hydrogen) atoms. The average Bonchev–Trinajstić information content (AvgIpc) is 2.81. The zero-order valence-corrected chi connectivity index (χ0v) is 19.9. The molecule has 2 aliphatic heterocycles. The Kier molecular flexibility index (Phi) is 8.63. The Morgan fingerprint density at radius 2 is 1.84 bits per heavy atom. The molecular weight excluding hydrogens is 388 g/mol. The Morgan fingerprint density at radius 1 is 1.19 bits per heavy atom. The number of nitrogens with zero attached hydrogens (tertiary/aromatic N) is 2. The number of nitrogens with two attached hydrogens (primary N) is 1. The Labute approximate surface area is 186 Å². The van der Waals surface area contributed by atoms with Crippen LogP contribution in [-0.4, -0.2) is 36.6 Å². The molecule has 168 valence electrons. The fourth-order valence-corrected chi connectivity index (χ4v) is 4.09. The van der Waals surface area contributed by atoms with E-state index in [9.17, 15) is 4.79 Å². The van der Waals surface area contributed by atoms with Crippen LogP contribution in [0.25, 0.3) is 0 Å². The zero-order chi connectivity index (χ0) is 23.1. The first-order chi connectivity index (χ1) is 15.0. The van der Waals surface area contributed by atoms with Gasteiger partial charge in [0.2, 0.25) is 0 Å². The number of fused-ring (bicyclic) bond motifs is 2. The maximum absolute atomic E-state index is 12.6. The molecule has 1 unspecified atom stereocenters. The van der Waals surface area contributed by atoms with Gasteiger partial charge in [-0.3, -0.25) is 0 Å². The number of anilines is 2. The van der Waals surface area contributed by atoms with Gasteiger partial charge >= 0.3 is 5.97 Å². The number of pyridine rings is 1. The summed E-state index contributed by atoms with van der Waals surface area (Å²) >= 11 is 0. The van der Waals surface area contributed by atoms with Crippen molar-refractivity contribution >= 4 is 17.5 Å². The molecule has 0 saturated heterocycles. The second-order valence-corrected chi connectivity index (χ2v) is 7.20. The van der Waals surface area contributed by atoms with Gasteiger partial charge in [0.05, 0.1) is 18.4 Å². The number of nitrogens with one attached hydrogen (secondary N) is 1. The Bertz CT molecular complexity index is 938. The SMILES string of the molecule is CC.CC.COC(=O)C1=C(C)Nc2nc3c(c(N)c2C1c1ccccc1)CN(C)CC3. The number of esters is 1. The number of carbonyl (C=O) groups excluding carboxylic acids is 1. The molecule has 0 aliphatic carbocycles. The summed E-state index contributed by atoms with van der Waals surface area (Å²) in [6, 6.07) is 9.93. The van der Waals surface area contributed by atoms with Gasteiger partial charge in [-0.15, -0.1) is 0 Å². The smallest absolute Gasteiger partial charge is 0.336 e. The number of methoxy groups -OCH3 is 1. The minimum absolute atomic E-state index is 0.306. The highest BCUT2D eigenvalue weighted by atomic mass is 16.5. The highest BCUT2D eigenvalue weighted by Gasteiger charge is 2.37. The van der Waals surface area contributed by atoms with Gasteiger partial charge in [0.25, 0.3) is 0 Å². The van der Waals surface area contributed by atoms with Gasteiger partial charge in [-0.1, -0.05) is 58.0 Å². The molecule has 0 saturated carbocycles. The Balaban J connectivity index is 0.000000807. The van der Waals surface area contributed by atoms with E-state index < -0.39 is 0 Å². The summed E-state index contributed by atoms with van der Waals surface area (Å²) in [5.41, 5.74) is 12.7. The fourth-order valence-electron chi connectivity index (χ4n) is 4.09. The van der Waals surface area contributed by atoms with E-state index >= 15 is 0 Å². The van der Waals surface area contributed by atoms with E-state index in [4.69, 9.17) is 15.5 Å². The van der Waals surface area contributed by atoms with E-state index in [2.05, 4.69) is 17.3 Å². The van der Waals surface area contributed by atoms with Crippen molar-refractivity contribution in [1.82, 2.24) is 9.88 Å². The number of allylic oxidation sites excluding steroid dienone is 1. The molecule has 1 atom stereocenters. The van der Waals surface area contributed by atoms with Crippen LogP contribution in [0.2, 0.25) is 0 Å². The predicted molar refractivity (Wildman–Crippen MR) is 128 cm³/mol. The summed E-state index contributed by atoms with van der Waals surface area (Å²) in [7, 11) is 3.49. The van der Waals surface area contributed by atoms with Crippen LogP contribution >= 0.6 is 0 Å². The highest BCUT2D eigenvalue weighted by Crippen LogP contribution is 2.46. The molecule has 6 nitrogen and oxygen atoms in total. The molecule has 0 spiro atoms. The Morgan fingerprint density at radius 3 is 2.45 bits per heavy atom. The van der Waals surface area contributed by atoms with Crippen molar-refractivity contribution in [3.8, 4) is 0 Å². The lowest BCUT2D eigenvalue weighted by atomic mass is 9.80. The molecule has 1 aromatic carbocycles. The number of nitrogen functional groups attached to an aromatic ring is 1. The average molecular weight is 425 g/mol. The first-order valence-electron chi connectivity index (χ1n) is 11.1. The first kappa shape index (κ1) is 24.4. The third-order valence-electron chi connectivity index (χ3n) is 5.45. The van der Waals surface area contributed by atoms with Crippen molar-refractivity contribution in [2.24, 2.45) is 0 Å². The lowest BCUT2D eigenvalue weighted by molar-refractivity contribution is -0.136. The van der Waals surface area contributed by atoms with E-state index in [1.54, 1.807) is 0 Å². The van der Waals surface area contributed by atoms with Crippen molar-refractivity contribution in [3.05, 3.63) is 64.0 Å². The number of aromatic nitrogens is 1. The lowest BCUT2D eigenvalue weighted by Gasteiger charge is -2.34. The molecule has 0 fully saturated rings. The van der Waals surface area contributed by atoms with Crippen LogP contribution in [0, 0.1) is 0 Å². The van der Waals surface area contributed by atoms with Gasteiger partial charge in [-0.05, 0) is 19.5 Å².